The first-order chi connectivity index (χ1) is 13.4. The molecule has 1 aliphatic heterocycles. The fraction of sp³-hybridized carbons (Fsp3) is 0.500. The van der Waals surface area contributed by atoms with Crippen LogP contribution in [0.4, 0.5) is 5.69 Å². The van der Waals surface area contributed by atoms with E-state index < -0.39 is 15.3 Å². The second-order valence-electron chi connectivity index (χ2n) is 7.07. The molecular weight excluding hydrogens is 400 g/mol. The second kappa shape index (κ2) is 7.84. The molecule has 1 atom stereocenters. The van der Waals surface area contributed by atoms with Crippen LogP contribution in [0.5, 0.6) is 0 Å². The van der Waals surface area contributed by atoms with Crippen molar-refractivity contribution in [3.8, 4) is 0 Å². The van der Waals surface area contributed by atoms with E-state index in [0.717, 1.165) is 25.7 Å². The van der Waals surface area contributed by atoms with Crippen molar-refractivity contribution in [2.75, 3.05) is 18.4 Å². The fourth-order valence-corrected chi connectivity index (χ4v) is 5.21. The van der Waals surface area contributed by atoms with Crippen LogP contribution >= 0.6 is 11.8 Å². The summed E-state index contributed by atoms with van der Waals surface area (Å²) in [6.07, 6.45) is 3.94. The Morgan fingerprint density at radius 2 is 1.89 bits per heavy atom. The van der Waals surface area contributed by atoms with E-state index in [1.165, 1.54) is 28.2 Å². The SMILES string of the molecule is C[C@H](Sc1nnc(C2CC2)o1)C(=O)Nc1ccc(S(=O)(=O)N2CCCC2)cc1. The Labute approximate surface area is 168 Å². The van der Waals surface area contributed by atoms with Gasteiger partial charge >= 0.3 is 0 Å². The number of nitrogens with zero attached hydrogens (tertiary/aromatic N) is 3. The van der Waals surface area contributed by atoms with Crippen LogP contribution in [0.2, 0.25) is 0 Å². The zero-order valence-corrected chi connectivity index (χ0v) is 17.1. The van der Waals surface area contributed by atoms with Gasteiger partial charge in [-0.2, -0.15) is 4.31 Å². The smallest absolute Gasteiger partial charge is 0.277 e. The maximum absolute atomic E-state index is 12.5. The summed E-state index contributed by atoms with van der Waals surface area (Å²) in [7, 11) is -3.45. The number of thioether (sulfide) groups is 1. The molecule has 150 valence electrons. The summed E-state index contributed by atoms with van der Waals surface area (Å²) in [5.74, 6) is 0.803. The molecule has 1 aromatic carbocycles. The number of benzene rings is 1. The van der Waals surface area contributed by atoms with Gasteiger partial charge < -0.3 is 9.73 Å². The monoisotopic (exact) mass is 422 g/mol. The Hall–Kier alpha value is -1.91. The lowest BCUT2D eigenvalue weighted by Crippen LogP contribution is -2.27. The zero-order chi connectivity index (χ0) is 19.7. The van der Waals surface area contributed by atoms with Gasteiger partial charge in [0, 0.05) is 24.7 Å². The highest BCUT2D eigenvalue weighted by Gasteiger charge is 2.30. The average molecular weight is 423 g/mol. The molecule has 2 aromatic rings. The van der Waals surface area contributed by atoms with Crippen LogP contribution in [-0.4, -0.2) is 47.2 Å². The van der Waals surface area contributed by atoms with E-state index >= 15 is 0 Å². The van der Waals surface area contributed by atoms with Crippen molar-refractivity contribution in [2.45, 2.75) is 53.9 Å². The van der Waals surface area contributed by atoms with Crippen LogP contribution in [0.25, 0.3) is 0 Å². The van der Waals surface area contributed by atoms with Crippen LogP contribution in [0, 0.1) is 0 Å². The Morgan fingerprint density at radius 1 is 1.21 bits per heavy atom. The van der Waals surface area contributed by atoms with E-state index in [-0.39, 0.29) is 10.8 Å². The molecule has 0 spiro atoms. The second-order valence-corrected chi connectivity index (χ2v) is 10.3. The Balaban J connectivity index is 1.35. The highest BCUT2D eigenvalue weighted by Crippen LogP contribution is 2.40. The van der Waals surface area contributed by atoms with Crippen LogP contribution in [-0.2, 0) is 14.8 Å². The van der Waals surface area contributed by atoms with Crippen LogP contribution in [0.15, 0.2) is 38.8 Å². The first-order valence-corrected chi connectivity index (χ1v) is 11.7. The molecule has 1 saturated carbocycles. The molecule has 8 nitrogen and oxygen atoms in total. The average Bonchev–Trinajstić information content (AvgIpc) is 3.18. The lowest BCUT2D eigenvalue weighted by molar-refractivity contribution is -0.115. The molecule has 2 fully saturated rings. The molecule has 1 amide bonds. The molecule has 2 heterocycles. The van der Waals surface area contributed by atoms with Crippen LogP contribution in [0.1, 0.15) is 44.4 Å². The van der Waals surface area contributed by atoms with Gasteiger partial charge in [-0.3, -0.25) is 4.79 Å². The standard InChI is InChI=1S/C18H22N4O4S2/c1-12(27-18-21-20-17(26-18)13-4-5-13)16(23)19-14-6-8-15(9-7-14)28(24,25)22-10-2-3-11-22/h6-9,12-13H,2-5,10-11H2,1H3,(H,19,23)/t12-/m0/s1. The van der Waals surface area contributed by atoms with Gasteiger partial charge in [-0.05, 0) is 56.9 Å². The molecule has 2 aliphatic rings. The first-order valence-electron chi connectivity index (χ1n) is 9.34. The molecule has 1 N–H and O–H groups in total. The predicted octanol–water partition coefficient (Wildman–Crippen LogP) is 2.85. The van der Waals surface area contributed by atoms with E-state index in [9.17, 15) is 13.2 Å². The molecule has 10 heteroatoms. The number of carbonyl (C=O) groups is 1. The molecule has 4 rings (SSSR count). The molecule has 0 bridgehead atoms. The van der Waals surface area contributed by atoms with Crippen molar-refractivity contribution >= 4 is 33.4 Å². The molecule has 0 radical (unpaired) electrons. The van der Waals surface area contributed by atoms with E-state index in [4.69, 9.17) is 4.42 Å². The minimum Gasteiger partial charge on any atom is -0.416 e. The molecule has 1 aromatic heterocycles. The van der Waals surface area contributed by atoms with Crippen molar-refractivity contribution in [2.24, 2.45) is 0 Å². The van der Waals surface area contributed by atoms with Gasteiger partial charge in [0.15, 0.2) is 0 Å². The highest BCUT2D eigenvalue weighted by molar-refractivity contribution is 8.00. The summed E-state index contributed by atoms with van der Waals surface area (Å²) in [6, 6.07) is 6.27. The van der Waals surface area contributed by atoms with E-state index in [1.54, 1.807) is 19.1 Å². The molecule has 0 unspecified atom stereocenters. The third-order valence-electron chi connectivity index (χ3n) is 4.82. The van der Waals surface area contributed by atoms with Crippen molar-refractivity contribution < 1.29 is 17.6 Å². The fourth-order valence-electron chi connectivity index (χ4n) is 3.00. The van der Waals surface area contributed by atoms with Gasteiger partial charge in [0.1, 0.15) is 0 Å². The van der Waals surface area contributed by atoms with E-state index in [1.807, 2.05) is 0 Å². The number of rotatable bonds is 7. The zero-order valence-electron chi connectivity index (χ0n) is 15.5. The lowest BCUT2D eigenvalue weighted by Gasteiger charge is -2.16. The van der Waals surface area contributed by atoms with Crippen molar-refractivity contribution in [1.29, 1.82) is 0 Å². The van der Waals surface area contributed by atoms with Gasteiger partial charge in [-0.25, -0.2) is 8.42 Å². The predicted molar refractivity (Wildman–Crippen MR) is 105 cm³/mol. The highest BCUT2D eigenvalue weighted by atomic mass is 32.2. The number of hydrogen-bond donors (Lipinski definition) is 1. The van der Waals surface area contributed by atoms with Gasteiger partial charge in [0.05, 0.1) is 10.1 Å². The molecule has 1 aliphatic carbocycles. The summed E-state index contributed by atoms with van der Waals surface area (Å²) in [5.41, 5.74) is 0.544. The lowest BCUT2D eigenvalue weighted by atomic mass is 10.3. The topological polar surface area (TPSA) is 105 Å². The summed E-state index contributed by atoms with van der Waals surface area (Å²) in [6.45, 7) is 2.88. The molecule has 28 heavy (non-hydrogen) atoms. The van der Waals surface area contributed by atoms with Crippen LogP contribution in [0.3, 0.4) is 0 Å². The quantitative estimate of drug-likeness (QED) is 0.684. The maximum atomic E-state index is 12.5. The number of hydrogen-bond acceptors (Lipinski definition) is 7. The van der Waals surface area contributed by atoms with E-state index in [0.29, 0.717) is 35.8 Å². The van der Waals surface area contributed by atoms with Gasteiger partial charge in [-0.15, -0.1) is 10.2 Å². The van der Waals surface area contributed by atoms with Crippen molar-refractivity contribution in [3.63, 3.8) is 0 Å². The van der Waals surface area contributed by atoms with Gasteiger partial charge in [0.25, 0.3) is 5.22 Å². The van der Waals surface area contributed by atoms with Gasteiger partial charge in [0.2, 0.25) is 21.8 Å². The number of amides is 1. The van der Waals surface area contributed by atoms with Crippen molar-refractivity contribution in [1.82, 2.24) is 14.5 Å². The number of sulfonamides is 1. The minimum atomic E-state index is -3.45. The summed E-state index contributed by atoms with van der Waals surface area (Å²) >= 11 is 1.21. The summed E-state index contributed by atoms with van der Waals surface area (Å²) in [4.78, 5) is 12.7. The number of nitrogens with one attached hydrogen (secondary N) is 1. The van der Waals surface area contributed by atoms with Gasteiger partial charge in [-0.1, -0.05) is 11.8 Å². The number of aromatic nitrogens is 2. The maximum Gasteiger partial charge on any atom is 0.277 e. The molecular formula is C18H22N4O4S2. The Bertz CT molecular complexity index is 948. The third-order valence-corrected chi connectivity index (χ3v) is 7.67. The third kappa shape index (κ3) is 4.23. The Morgan fingerprint density at radius 3 is 2.54 bits per heavy atom. The molecule has 1 saturated heterocycles. The number of anilines is 1. The number of carbonyl (C=O) groups excluding carboxylic acids is 1. The Kier molecular flexibility index (Phi) is 5.44. The largest absolute Gasteiger partial charge is 0.416 e. The summed E-state index contributed by atoms with van der Waals surface area (Å²) in [5, 5.41) is 10.7. The minimum absolute atomic E-state index is 0.216. The normalized spacial score (nSPS) is 18.9. The van der Waals surface area contributed by atoms with E-state index in [2.05, 4.69) is 15.5 Å². The van der Waals surface area contributed by atoms with Crippen LogP contribution < -0.4 is 5.32 Å². The summed E-state index contributed by atoms with van der Waals surface area (Å²) < 4.78 is 32.2. The first kappa shape index (κ1) is 19.4. The van der Waals surface area contributed by atoms with Crippen molar-refractivity contribution in [3.05, 3.63) is 30.2 Å².